The molecule has 414 valence electrons. The molecule has 0 saturated heterocycles. The second-order valence-electron chi connectivity index (χ2n) is 20.3. The fourth-order valence-corrected chi connectivity index (χ4v) is 8.38. The molecule has 0 bridgehead atoms. The third-order valence-electron chi connectivity index (χ3n) is 12.1. The third-order valence-corrected chi connectivity index (χ3v) is 13.1. The van der Waals surface area contributed by atoms with Gasteiger partial charge in [-0.3, -0.25) is 18.6 Å². The molecule has 0 aliphatic rings. The van der Waals surface area contributed by atoms with Crippen LogP contribution in [-0.4, -0.2) is 74.9 Å². The maximum atomic E-state index is 12.8. The van der Waals surface area contributed by atoms with Crippen molar-refractivity contribution in [2.45, 2.75) is 238 Å². The summed E-state index contributed by atoms with van der Waals surface area (Å²) in [4.78, 5) is 35.7. The fourth-order valence-electron chi connectivity index (χ4n) is 7.64. The maximum Gasteiger partial charge on any atom is 0.472 e. The zero-order valence-electron chi connectivity index (χ0n) is 46.9. The first-order valence-corrected chi connectivity index (χ1v) is 30.5. The Labute approximate surface area is 443 Å². The lowest BCUT2D eigenvalue weighted by molar-refractivity contribution is -0.870. The van der Waals surface area contributed by atoms with Gasteiger partial charge in [-0.05, 0) is 96.3 Å². The van der Waals surface area contributed by atoms with E-state index in [-0.39, 0.29) is 32.0 Å². The molecular weight excluding hydrogens is 918 g/mol. The molecule has 0 aliphatic heterocycles. The minimum absolute atomic E-state index is 0.0251. The number of nitrogens with zero attached hydrogens (tertiary/aromatic N) is 1. The van der Waals surface area contributed by atoms with Crippen molar-refractivity contribution < 1.29 is 42.1 Å². The normalized spacial score (nSPS) is 14.0. The predicted molar refractivity (Wildman–Crippen MR) is 307 cm³/mol. The Morgan fingerprint density at radius 2 is 0.792 bits per heavy atom. The van der Waals surface area contributed by atoms with Gasteiger partial charge in [-0.15, -0.1) is 0 Å². The SMILES string of the molecule is CC/C=C\C/C=C\C/C=C\C/C=C\C/C=C\CCCCCCCCCCCCCCCC(=O)OC(COC(=O)CCCCCCCC/C=C\C/C=C\C/C=C\CCCCC)COP(=O)(O)OCC[N+](C)(C)C. The Morgan fingerprint density at radius 3 is 1.18 bits per heavy atom. The number of rotatable bonds is 52. The first kappa shape index (κ1) is 68.9. The highest BCUT2D eigenvalue weighted by Crippen LogP contribution is 2.43. The van der Waals surface area contributed by atoms with Crippen molar-refractivity contribution in [2.75, 3.05) is 47.5 Å². The molecule has 0 aromatic heterocycles. The van der Waals surface area contributed by atoms with Crippen LogP contribution in [0.3, 0.4) is 0 Å². The molecule has 0 rings (SSSR count). The second-order valence-corrected chi connectivity index (χ2v) is 21.7. The Hall–Kier alpha value is -3.07. The third kappa shape index (κ3) is 56.2. The molecule has 10 heteroatoms. The summed E-state index contributed by atoms with van der Waals surface area (Å²) in [6, 6.07) is 0. The number of esters is 2. The molecule has 2 unspecified atom stereocenters. The van der Waals surface area contributed by atoms with Gasteiger partial charge in [-0.25, -0.2) is 4.57 Å². The lowest BCUT2D eigenvalue weighted by Gasteiger charge is -2.24. The van der Waals surface area contributed by atoms with Crippen LogP contribution < -0.4 is 0 Å². The van der Waals surface area contributed by atoms with Crippen molar-refractivity contribution in [1.29, 1.82) is 0 Å². The Kier molecular flexibility index (Phi) is 50.5. The van der Waals surface area contributed by atoms with Crippen LogP contribution in [0.5, 0.6) is 0 Å². The number of likely N-dealkylation sites (N-methyl/N-ethyl adjacent to an activating group) is 1. The molecule has 0 aliphatic carbocycles. The van der Waals surface area contributed by atoms with Gasteiger partial charge in [-0.1, -0.05) is 220 Å². The predicted octanol–water partition coefficient (Wildman–Crippen LogP) is 18.0. The molecule has 0 spiro atoms. The van der Waals surface area contributed by atoms with Crippen molar-refractivity contribution in [3.63, 3.8) is 0 Å². The van der Waals surface area contributed by atoms with Gasteiger partial charge in [0.15, 0.2) is 6.10 Å². The van der Waals surface area contributed by atoms with E-state index in [1.165, 1.54) is 103 Å². The van der Waals surface area contributed by atoms with Gasteiger partial charge in [-0.2, -0.15) is 0 Å². The van der Waals surface area contributed by atoms with Crippen molar-refractivity contribution >= 4 is 19.8 Å². The van der Waals surface area contributed by atoms with E-state index in [1.54, 1.807) is 0 Å². The van der Waals surface area contributed by atoms with Crippen LogP contribution in [0.1, 0.15) is 232 Å². The van der Waals surface area contributed by atoms with E-state index in [2.05, 4.69) is 111 Å². The summed E-state index contributed by atoms with van der Waals surface area (Å²) < 4.78 is 34.6. The summed E-state index contributed by atoms with van der Waals surface area (Å²) in [6.45, 7) is 4.28. The number of unbranched alkanes of at least 4 members (excludes halogenated alkanes) is 22. The number of phosphoric ester groups is 1. The average molecular weight is 1030 g/mol. The first-order chi connectivity index (χ1) is 35.0. The van der Waals surface area contributed by atoms with Gasteiger partial charge in [0.05, 0.1) is 27.7 Å². The molecule has 0 amide bonds. The zero-order chi connectivity index (χ0) is 52.7. The lowest BCUT2D eigenvalue weighted by Crippen LogP contribution is -2.37. The summed E-state index contributed by atoms with van der Waals surface area (Å²) >= 11 is 0. The lowest BCUT2D eigenvalue weighted by atomic mass is 10.0. The van der Waals surface area contributed by atoms with E-state index in [1.807, 2.05) is 21.1 Å². The molecule has 0 radical (unpaired) electrons. The van der Waals surface area contributed by atoms with E-state index in [9.17, 15) is 19.0 Å². The number of hydrogen-bond donors (Lipinski definition) is 1. The average Bonchev–Trinajstić information content (AvgIpc) is 3.34. The van der Waals surface area contributed by atoms with E-state index in [0.29, 0.717) is 17.4 Å². The summed E-state index contributed by atoms with van der Waals surface area (Å²) in [7, 11) is 1.46. The molecule has 9 nitrogen and oxygen atoms in total. The van der Waals surface area contributed by atoms with Crippen molar-refractivity contribution in [2.24, 2.45) is 0 Å². The van der Waals surface area contributed by atoms with Crippen molar-refractivity contribution in [3.8, 4) is 0 Å². The monoisotopic (exact) mass is 1030 g/mol. The number of carbonyl (C=O) groups is 2. The summed E-state index contributed by atoms with van der Waals surface area (Å²) in [6.07, 6.45) is 71.8. The van der Waals surface area contributed by atoms with Crippen LogP contribution in [0.15, 0.2) is 97.2 Å². The topological polar surface area (TPSA) is 108 Å². The molecular formula is C62H109NO8P+. The molecule has 0 heterocycles. The van der Waals surface area contributed by atoms with Crippen LogP contribution in [0.25, 0.3) is 0 Å². The Morgan fingerprint density at radius 1 is 0.444 bits per heavy atom. The molecule has 2 atom stereocenters. The van der Waals surface area contributed by atoms with Gasteiger partial charge in [0.1, 0.15) is 19.8 Å². The molecule has 0 aromatic carbocycles. The highest BCUT2D eigenvalue weighted by atomic mass is 31.2. The summed E-state index contributed by atoms with van der Waals surface area (Å²) in [5, 5.41) is 0. The first-order valence-electron chi connectivity index (χ1n) is 29.0. The fraction of sp³-hybridized carbons (Fsp3) is 0.710. The summed E-state index contributed by atoms with van der Waals surface area (Å²) in [5.74, 6) is -0.815. The van der Waals surface area contributed by atoms with Gasteiger partial charge >= 0.3 is 19.8 Å². The quantitative estimate of drug-likeness (QED) is 0.0211. The molecule has 0 fully saturated rings. The Balaban J connectivity index is 4.18. The molecule has 0 aromatic rings. The van der Waals surface area contributed by atoms with Crippen molar-refractivity contribution in [3.05, 3.63) is 97.2 Å². The zero-order valence-corrected chi connectivity index (χ0v) is 47.8. The van der Waals surface area contributed by atoms with Gasteiger partial charge < -0.3 is 18.9 Å². The van der Waals surface area contributed by atoms with Crippen LogP contribution in [-0.2, 0) is 32.7 Å². The maximum absolute atomic E-state index is 12.8. The second kappa shape index (κ2) is 52.8. The highest BCUT2D eigenvalue weighted by molar-refractivity contribution is 7.47. The van der Waals surface area contributed by atoms with E-state index < -0.39 is 26.5 Å². The molecule has 72 heavy (non-hydrogen) atoms. The molecule has 1 N–H and O–H groups in total. The molecule has 0 saturated carbocycles. The largest absolute Gasteiger partial charge is 0.472 e. The number of hydrogen-bond acceptors (Lipinski definition) is 7. The number of ether oxygens (including phenoxy) is 2. The van der Waals surface area contributed by atoms with Crippen LogP contribution >= 0.6 is 7.82 Å². The number of quaternary nitrogens is 1. The number of carbonyl (C=O) groups excluding carboxylic acids is 2. The van der Waals surface area contributed by atoms with Crippen LogP contribution in [0.2, 0.25) is 0 Å². The standard InChI is InChI=1S/C62H108NO8P/c1-6-8-10-12-14-16-18-20-22-24-26-27-28-29-30-31-32-33-34-35-37-39-41-43-45-47-49-51-53-55-62(65)71-60(59-70-72(66,67)69-57-56-63(3,4)5)58-68-61(64)54-52-50-48-46-44-42-40-38-36-25-23-21-19-17-15-13-11-9-7-2/h8,10,14-17,20-23,26-27,29-30,36,38,60H,6-7,9,11-13,18-19,24-25,28,31-35,37,39-59H2,1-5H3/p+1/b10-8-,16-14-,17-15-,22-20-,23-21-,27-26-,30-29-,38-36-. The van der Waals surface area contributed by atoms with Crippen molar-refractivity contribution in [1.82, 2.24) is 0 Å². The van der Waals surface area contributed by atoms with E-state index >= 15 is 0 Å². The minimum Gasteiger partial charge on any atom is -0.462 e. The Bertz CT molecular complexity index is 1540. The van der Waals surface area contributed by atoms with Gasteiger partial charge in [0.25, 0.3) is 0 Å². The minimum atomic E-state index is -4.39. The summed E-state index contributed by atoms with van der Waals surface area (Å²) in [5.41, 5.74) is 0. The van der Waals surface area contributed by atoms with E-state index in [0.717, 1.165) is 96.3 Å². The number of phosphoric acid groups is 1. The highest BCUT2D eigenvalue weighted by Gasteiger charge is 2.27. The van der Waals surface area contributed by atoms with Gasteiger partial charge in [0, 0.05) is 12.8 Å². The smallest absolute Gasteiger partial charge is 0.462 e. The van der Waals surface area contributed by atoms with Gasteiger partial charge in [0.2, 0.25) is 0 Å². The number of allylic oxidation sites excluding steroid dienone is 16. The van der Waals surface area contributed by atoms with Crippen LogP contribution in [0.4, 0.5) is 0 Å². The van der Waals surface area contributed by atoms with E-state index in [4.69, 9.17) is 18.5 Å². The van der Waals surface area contributed by atoms with Crippen LogP contribution in [0, 0.1) is 0 Å².